The van der Waals surface area contributed by atoms with Gasteiger partial charge in [0, 0.05) is 25.3 Å². The van der Waals surface area contributed by atoms with Crippen LogP contribution in [0.5, 0.6) is 0 Å². The number of halogens is 3. The molecule has 1 aromatic carbocycles. The fraction of sp³-hybridized carbons (Fsp3) is 0.522. The predicted octanol–water partition coefficient (Wildman–Crippen LogP) is 5.66. The Labute approximate surface area is 215 Å². The van der Waals surface area contributed by atoms with Crippen molar-refractivity contribution in [1.29, 1.82) is 0 Å². The second-order valence-electron chi connectivity index (χ2n) is 8.82. The molecule has 1 aliphatic heterocycles. The molecule has 1 saturated carbocycles. The molecule has 2 atom stereocenters. The highest BCUT2D eigenvalue weighted by atomic mass is 35.5. The van der Waals surface area contributed by atoms with Crippen molar-refractivity contribution in [2.24, 2.45) is 5.92 Å². The number of carbonyl (C=O) groups is 1. The Morgan fingerprint density at radius 1 is 1.29 bits per heavy atom. The van der Waals surface area contributed by atoms with Crippen LogP contribution in [-0.4, -0.2) is 40.3 Å². The van der Waals surface area contributed by atoms with Gasteiger partial charge in [0.1, 0.15) is 21.2 Å². The van der Waals surface area contributed by atoms with Gasteiger partial charge in [0.2, 0.25) is 5.91 Å². The van der Waals surface area contributed by atoms with Crippen molar-refractivity contribution < 1.29 is 17.9 Å². The number of hydrogen-bond donors (Lipinski definition) is 2. The fourth-order valence-corrected chi connectivity index (χ4v) is 7.15. The average Bonchev–Trinajstić information content (AvgIpc) is 3.35. The highest BCUT2D eigenvalue weighted by Crippen LogP contribution is 2.40. The first kappa shape index (κ1) is 25.7. The van der Waals surface area contributed by atoms with Gasteiger partial charge in [-0.05, 0) is 48.6 Å². The number of hydrogen-bond acceptors (Lipinski definition) is 4. The Morgan fingerprint density at radius 2 is 2.06 bits per heavy atom. The molecule has 0 saturated heterocycles. The van der Waals surface area contributed by atoms with Crippen LogP contribution < -0.4 is 14.5 Å². The molecule has 2 heterocycles. The summed E-state index contributed by atoms with van der Waals surface area (Å²) in [6.45, 7) is 1.70. The van der Waals surface area contributed by atoms with Crippen molar-refractivity contribution in [2.75, 3.05) is 28.8 Å². The van der Waals surface area contributed by atoms with Gasteiger partial charge in [0.05, 0.1) is 5.02 Å². The van der Waals surface area contributed by atoms with Crippen LogP contribution in [0.4, 0.5) is 15.1 Å². The van der Waals surface area contributed by atoms with E-state index in [9.17, 15) is 17.9 Å². The lowest BCUT2D eigenvalue weighted by Gasteiger charge is -2.32. The molecule has 11 heteroatoms. The van der Waals surface area contributed by atoms with Gasteiger partial charge < -0.3 is 10.2 Å². The minimum Gasteiger partial charge on any atom is -0.369 e. The third-order valence-corrected chi connectivity index (χ3v) is 9.37. The number of anilines is 2. The zero-order valence-corrected chi connectivity index (χ0v) is 21.8. The van der Waals surface area contributed by atoms with Crippen molar-refractivity contribution in [3.8, 4) is 0 Å². The van der Waals surface area contributed by atoms with Gasteiger partial charge in [-0.2, -0.15) is 0 Å². The summed E-state index contributed by atoms with van der Waals surface area (Å²) in [6, 6.07) is 5.48. The predicted molar refractivity (Wildman–Crippen MR) is 138 cm³/mol. The molecule has 1 fully saturated rings. The van der Waals surface area contributed by atoms with Crippen molar-refractivity contribution in [3.63, 3.8) is 0 Å². The molecule has 0 radical (unpaired) electrons. The number of rotatable bonds is 9. The standard InChI is InChI=1S/C23H28Cl2FN3O3S2/c24-18-14-21(33-22(18)25)29(34(31)32)20(12-15-4-2-1-3-5-15)23(30)27-9-11-28-10-8-16-13-17(26)6-7-19(16)28/h6-7,13-15,20H,1-5,8-12H2,(H,27,30)(H,31,32). The van der Waals surface area contributed by atoms with Crippen LogP contribution in [0, 0.1) is 11.7 Å². The summed E-state index contributed by atoms with van der Waals surface area (Å²) in [5, 5.41) is 3.65. The van der Waals surface area contributed by atoms with Crippen molar-refractivity contribution in [1.82, 2.24) is 5.32 Å². The molecule has 0 spiro atoms. The van der Waals surface area contributed by atoms with Crippen molar-refractivity contribution in [2.45, 2.75) is 51.0 Å². The highest BCUT2D eigenvalue weighted by molar-refractivity contribution is 7.81. The summed E-state index contributed by atoms with van der Waals surface area (Å²) in [7, 11) is 0. The molecule has 0 bridgehead atoms. The number of carbonyl (C=O) groups excluding carboxylic acids is 1. The van der Waals surface area contributed by atoms with E-state index < -0.39 is 17.3 Å². The van der Waals surface area contributed by atoms with Crippen molar-refractivity contribution in [3.05, 3.63) is 45.0 Å². The third-order valence-electron chi connectivity index (χ3n) is 6.60. The number of fused-ring (bicyclic) bond motifs is 1. The van der Waals surface area contributed by atoms with Gasteiger partial charge >= 0.3 is 0 Å². The summed E-state index contributed by atoms with van der Waals surface area (Å²) in [5.74, 6) is -0.237. The molecule has 1 amide bonds. The van der Waals surface area contributed by atoms with Gasteiger partial charge in [0.25, 0.3) is 11.3 Å². The lowest BCUT2D eigenvalue weighted by molar-refractivity contribution is -0.122. The van der Waals surface area contributed by atoms with Gasteiger partial charge in [-0.1, -0.05) is 55.3 Å². The third kappa shape index (κ3) is 6.05. The molecule has 186 valence electrons. The van der Waals surface area contributed by atoms with E-state index in [0.29, 0.717) is 34.8 Å². The topological polar surface area (TPSA) is 72.9 Å². The molecule has 1 aliphatic carbocycles. The number of thiophene rings is 1. The summed E-state index contributed by atoms with van der Waals surface area (Å²) >= 11 is 10.9. The number of nitrogens with one attached hydrogen (secondary N) is 1. The SMILES string of the molecule is O=C(NCCN1CCc2cc(F)ccc21)C(CC1CCCCC1)N(c1cc(Cl)c(Cl)s1)S(=O)O. The second-order valence-corrected chi connectivity index (χ2v) is 11.7. The molecule has 1 aromatic heterocycles. The zero-order valence-electron chi connectivity index (χ0n) is 18.6. The van der Waals surface area contributed by atoms with E-state index in [-0.39, 0.29) is 16.7 Å². The first-order valence-corrected chi connectivity index (χ1v) is 14.1. The smallest absolute Gasteiger partial charge is 0.263 e. The number of nitrogens with zero attached hydrogens (tertiary/aromatic N) is 2. The van der Waals surface area contributed by atoms with E-state index in [0.717, 1.165) is 61.2 Å². The van der Waals surface area contributed by atoms with Gasteiger partial charge in [0.15, 0.2) is 0 Å². The quantitative estimate of drug-likeness (QED) is 0.397. The largest absolute Gasteiger partial charge is 0.369 e. The van der Waals surface area contributed by atoms with Gasteiger partial charge in [-0.25, -0.2) is 12.9 Å². The van der Waals surface area contributed by atoms with Crippen LogP contribution in [0.1, 0.15) is 44.1 Å². The summed E-state index contributed by atoms with van der Waals surface area (Å²) in [5.41, 5.74) is 1.95. The van der Waals surface area contributed by atoms with Gasteiger partial charge in [-0.15, -0.1) is 11.3 Å². The van der Waals surface area contributed by atoms with E-state index in [1.807, 2.05) is 0 Å². The fourth-order valence-electron chi connectivity index (χ4n) is 4.93. The monoisotopic (exact) mass is 547 g/mol. The maximum absolute atomic E-state index is 13.5. The Morgan fingerprint density at radius 3 is 2.74 bits per heavy atom. The Kier molecular flexibility index (Phi) is 8.74. The Hall–Kier alpha value is -1.39. The van der Waals surface area contributed by atoms with Crippen LogP contribution in [-0.2, 0) is 22.5 Å². The summed E-state index contributed by atoms with van der Waals surface area (Å²) < 4.78 is 37.6. The second kappa shape index (κ2) is 11.6. The normalized spacial score (nSPS) is 17.9. The minimum absolute atomic E-state index is 0.245. The van der Waals surface area contributed by atoms with Crippen LogP contribution in [0.25, 0.3) is 0 Å². The molecule has 6 nitrogen and oxygen atoms in total. The maximum Gasteiger partial charge on any atom is 0.263 e. The van der Waals surface area contributed by atoms with Crippen LogP contribution in [0.15, 0.2) is 24.3 Å². The zero-order chi connectivity index (χ0) is 24.2. The molecule has 4 rings (SSSR count). The summed E-state index contributed by atoms with van der Waals surface area (Å²) in [6.07, 6.45) is 6.64. The van der Waals surface area contributed by atoms with Crippen LogP contribution in [0.3, 0.4) is 0 Å². The first-order chi connectivity index (χ1) is 16.3. The van der Waals surface area contributed by atoms with E-state index >= 15 is 0 Å². The van der Waals surface area contributed by atoms with Gasteiger partial charge in [-0.3, -0.25) is 9.35 Å². The summed E-state index contributed by atoms with van der Waals surface area (Å²) in [4.78, 5) is 15.5. The highest BCUT2D eigenvalue weighted by Gasteiger charge is 2.34. The Bertz CT molecular complexity index is 1030. The molecular formula is C23H28Cl2FN3O3S2. The van der Waals surface area contributed by atoms with Crippen LogP contribution >= 0.6 is 34.5 Å². The van der Waals surface area contributed by atoms with E-state index in [2.05, 4.69) is 10.2 Å². The average molecular weight is 549 g/mol. The molecule has 2 unspecified atom stereocenters. The van der Waals surface area contributed by atoms with Crippen LogP contribution in [0.2, 0.25) is 9.36 Å². The lowest BCUT2D eigenvalue weighted by Crippen LogP contribution is -2.50. The minimum atomic E-state index is -2.42. The molecular weight excluding hydrogens is 520 g/mol. The van der Waals surface area contributed by atoms with E-state index in [1.54, 1.807) is 12.1 Å². The number of amides is 1. The maximum atomic E-state index is 13.5. The van der Waals surface area contributed by atoms with E-state index in [4.69, 9.17) is 23.2 Å². The molecule has 2 aromatic rings. The lowest BCUT2D eigenvalue weighted by atomic mass is 9.84. The molecule has 2 aliphatic rings. The molecule has 34 heavy (non-hydrogen) atoms. The van der Waals surface area contributed by atoms with E-state index in [1.165, 1.54) is 22.9 Å². The molecule has 2 N–H and O–H groups in total. The Balaban J connectivity index is 1.46. The van der Waals surface area contributed by atoms with Crippen molar-refractivity contribution >= 4 is 62.4 Å². The first-order valence-electron chi connectivity index (χ1n) is 11.5. The number of benzene rings is 1.